The second-order valence-corrected chi connectivity index (χ2v) is 5.01. The van der Waals surface area contributed by atoms with Crippen molar-refractivity contribution in [3.63, 3.8) is 0 Å². The molecule has 1 amide bonds. The van der Waals surface area contributed by atoms with Crippen molar-refractivity contribution in [3.05, 3.63) is 29.6 Å². The Labute approximate surface area is 120 Å². The molecule has 1 aromatic heterocycles. The monoisotopic (exact) mass is 302 g/mol. The molecular weight excluding hydrogens is 285 g/mol. The smallest absolute Gasteiger partial charge is 0.369 e. The maximum Gasteiger partial charge on any atom is 0.418 e. The largest absolute Gasteiger partial charge is 0.418 e. The van der Waals surface area contributed by atoms with E-state index in [9.17, 15) is 18.0 Å². The molecule has 4 N–H and O–H groups in total. The highest BCUT2D eigenvalue weighted by Gasteiger charge is 2.37. The average molecular weight is 302 g/mol. The summed E-state index contributed by atoms with van der Waals surface area (Å²) in [6.45, 7) is 0.570. The number of nitrogens with zero attached hydrogens (tertiary/aromatic N) is 1. The molecule has 1 aliphatic heterocycles. The van der Waals surface area contributed by atoms with Crippen LogP contribution < -0.4 is 16.4 Å². The van der Waals surface area contributed by atoms with E-state index >= 15 is 0 Å². The Morgan fingerprint density at radius 1 is 1.52 bits per heavy atom. The van der Waals surface area contributed by atoms with Gasteiger partial charge in [-0.25, -0.2) is 0 Å². The van der Waals surface area contributed by atoms with E-state index in [1.54, 1.807) is 0 Å². The van der Waals surface area contributed by atoms with Gasteiger partial charge in [-0.3, -0.25) is 9.78 Å². The number of alkyl halides is 3. The minimum Gasteiger partial charge on any atom is -0.369 e. The van der Waals surface area contributed by atoms with Gasteiger partial charge < -0.3 is 16.4 Å². The Bertz CT molecular complexity index is 506. The Balaban J connectivity index is 2.13. The van der Waals surface area contributed by atoms with Crippen molar-refractivity contribution in [1.29, 1.82) is 0 Å². The fourth-order valence-electron chi connectivity index (χ4n) is 2.49. The number of halogens is 3. The molecule has 116 valence electrons. The fraction of sp³-hybridized carbons (Fsp3) is 0.538. The zero-order valence-electron chi connectivity index (χ0n) is 11.3. The van der Waals surface area contributed by atoms with E-state index in [4.69, 9.17) is 5.73 Å². The summed E-state index contributed by atoms with van der Waals surface area (Å²) in [6.07, 6.45) is -1.93. The number of aromatic nitrogens is 1. The van der Waals surface area contributed by atoms with Crippen LogP contribution in [0, 0.1) is 0 Å². The molecule has 8 heteroatoms. The zero-order valence-corrected chi connectivity index (χ0v) is 11.3. The minimum atomic E-state index is -4.43. The molecule has 2 heterocycles. The number of carbonyl (C=O) groups excluding carboxylic acids is 1. The van der Waals surface area contributed by atoms with Crippen LogP contribution in [0.2, 0.25) is 0 Å². The van der Waals surface area contributed by atoms with Crippen LogP contribution in [0.3, 0.4) is 0 Å². The van der Waals surface area contributed by atoms with E-state index in [0.29, 0.717) is 13.0 Å². The Morgan fingerprint density at radius 2 is 2.29 bits per heavy atom. The van der Waals surface area contributed by atoms with Gasteiger partial charge in [0.2, 0.25) is 5.91 Å². The van der Waals surface area contributed by atoms with E-state index in [2.05, 4.69) is 15.6 Å². The molecular formula is C13H17F3N4O. The third kappa shape index (κ3) is 4.15. The number of carbonyl (C=O) groups is 1. The molecule has 1 fully saturated rings. The van der Waals surface area contributed by atoms with Crippen molar-refractivity contribution < 1.29 is 18.0 Å². The average Bonchev–Trinajstić information content (AvgIpc) is 2.44. The van der Waals surface area contributed by atoms with Crippen LogP contribution >= 0.6 is 0 Å². The lowest BCUT2D eigenvalue weighted by atomic mass is 9.94. The number of rotatable bonds is 4. The maximum absolute atomic E-state index is 13.0. The summed E-state index contributed by atoms with van der Waals surface area (Å²) in [6, 6.07) is 1.75. The molecule has 2 atom stereocenters. The van der Waals surface area contributed by atoms with Gasteiger partial charge in [-0.1, -0.05) is 0 Å². The van der Waals surface area contributed by atoms with Crippen LogP contribution in [0.15, 0.2) is 18.3 Å². The van der Waals surface area contributed by atoms with Gasteiger partial charge in [0.25, 0.3) is 0 Å². The number of pyridine rings is 1. The number of piperidine rings is 1. The quantitative estimate of drug-likeness (QED) is 0.774. The summed E-state index contributed by atoms with van der Waals surface area (Å²) in [4.78, 5) is 14.7. The summed E-state index contributed by atoms with van der Waals surface area (Å²) in [5.74, 6) is -0.487. The normalized spacial score (nSPS) is 23.0. The molecule has 0 aromatic carbocycles. The van der Waals surface area contributed by atoms with Crippen LogP contribution in [0.4, 0.5) is 13.2 Å². The first kappa shape index (κ1) is 15.7. The molecule has 1 aromatic rings. The molecule has 0 aliphatic carbocycles. The number of primary amides is 1. The van der Waals surface area contributed by atoms with Gasteiger partial charge in [0.05, 0.1) is 23.8 Å². The summed E-state index contributed by atoms with van der Waals surface area (Å²) in [5, 5.41) is 6.00. The summed E-state index contributed by atoms with van der Waals surface area (Å²) < 4.78 is 39.0. The van der Waals surface area contributed by atoms with Crippen LogP contribution in [0.5, 0.6) is 0 Å². The molecule has 1 aliphatic rings. The molecule has 0 spiro atoms. The molecule has 21 heavy (non-hydrogen) atoms. The third-order valence-electron chi connectivity index (χ3n) is 3.44. The number of amides is 1. The van der Waals surface area contributed by atoms with Gasteiger partial charge in [0.15, 0.2) is 0 Å². The lowest BCUT2D eigenvalue weighted by Gasteiger charge is -2.31. The van der Waals surface area contributed by atoms with Crippen molar-refractivity contribution in [1.82, 2.24) is 15.6 Å². The van der Waals surface area contributed by atoms with Gasteiger partial charge in [0, 0.05) is 12.2 Å². The first-order valence-corrected chi connectivity index (χ1v) is 6.65. The Hall–Kier alpha value is -1.67. The molecule has 0 radical (unpaired) electrons. The topological polar surface area (TPSA) is 80.0 Å². The van der Waals surface area contributed by atoms with Crippen LogP contribution in [0.25, 0.3) is 0 Å². The molecule has 2 rings (SSSR count). The SMILES string of the molecule is NC(=O)CNC1CCNC(c2ncccc2C(F)(F)F)C1. The van der Waals surface area contributed by atoms with Gasteiger partial charge in [-0.05, 0) is 31.5 Å². The summed E-state index contributed by atoms with van der Waals surface area (Å²) >= 11 is 0. The van der Waals surface area contributed by atoms with Gasteiger partial charge in [-0.2, -0.15) is 13.2 Å². The third-order valence-corrected chi connectivity index (χ3v) is 3.44. The number of nitrogens with two attached hydrogens (primary N) is 1. The van der Waals surface area contributed by atoms with Gasteiger partial charge >= 0.3 is 6.18 Å². The van der Waals surface area contributed by atoms with Crippen LogP contribution in [-0.4, -0.2) is 30.0 Å². The number of hydrogen-bond acceptors (Lipinski definition) is 4. The predicted molar refractivity (Wildman–Crippen MR) is 70.2 cm³/mol. The number of nitrogens with one attached hydrogen (secondary N) is 2. The zero-order chi connectivity index (χ0) is 15.5. The first-order chi connectivity index (χ1) is 9.88. The highest BCUT2D eigenvalue weighted by Crippen LogP contribution is 2.35. The molecule has 0 saturated carbocycles. The minimum absolute atomic E-state index is 0.00410. The number of hydrogen-bond donors (Lipinski definition) is 3. The van der Waals surface area contributed by atoms with E-state index in [1.807, 2.05) is 0 Å². The van der Waals surface area contributed by atoms with E-state index in [1.165, 1.54) is 12.3 Å². The van der Waals surface area contributed by atoms with E-state index < -0.39 is 23.7 Å². The van der Waals surface area contributed by atoms with Crippen LogP contribution in [-0.2, 0) is 11.0 Å². The first-order valence-electron chi connectivity index (χ1n) is 6.65. The van der Waals surface area contributed by atoms with Crippen molar-refractivity contribution in [3.8, 4) is 0 Å². The standard InChI is InChI=1S/C13H17F3N4O/c14-13(15,16)9-2-1-4-19-12(9)10-6-8(3-5-18-10)20-7-11(17)21/h1-2,4,8,10,18,20H,3,5-7H2,(H2,17,21). The van der Waals surface area contributed by atoms with Crippen molar-refractivity contribution >= 4 is 5.91 Å². The predicted octanol–water partition coefficient (Wildman–Crippen LogP) is 0.968. The maximum atomic E-state index is 13.0. The van der Waals surface area contributed by atoms with Crippen molar-refractivity contribution in [2.24, 2.45) is 5.73 Å². The molecule has 2 unspecified atom stereocenters. The van der Waals surface area contributed by atoms with E-state index in [0.717, 1.165) is 12.5 Å². The van der Waals surface area contributed by atoms with Crippen molar-refractivity contribution in [2.75, 3.05) is 13.1 Å². The molecule has 5 nitrogen and oxygen atoms in total. The lowest BCUT2D eigenvalue weighted by molar-refractivity contribution is -0.138. The molecule has 0 bridgehead atoms. The highest BCUT2D eigenvalue weighted by molar-refractivity contribution is 5.75. The lowest BCUT2D eigenvalue weighted by Crippen LogP contribution is -2.45. The van der Waals surface area contributed by atoms with E-state index in [-0.39, 0.29) is 18.3 Å². The summed E-state index contributed by atoms with van der Waals surface area (Å²) in [7, 11) is 0. The summed E-state index contributed by atoms with van der Waals surface area (Å²) in [5.41, 5.74) is 4.33. The highest BCUT2D eigenvalue weighted by atomic mass is 19.4. The van der Waals surface area contributed by atoms with Gasteiger partial charge in [-0.15, -0.1) is 0 Å². The second kappa shape index (κ2) is 6.40. The van der Waals surface area contributed by atoms with Crippen LogP contribution in [0.1, 0.15) is 30.1 Å². The Morgan fingerprint density at radius 3 is 2.95 bits per heavy atom. The molecule has 1 saturated heterocycles. The van der Waals surface area contributed by atoms with Gasteiger partial charge in [0.1, 0.15) is 0 Å². The Kier molecular flexibility index (Phi) is 4.79. The second-order valence-electron chi connectivity index (χ2n) is 5.01. The fourth-order valence-corrected chi connectivity index (χ4v) is 2.49. The van der Waals surface area contributed by atoms with Crippen molar-refractivity contribution in [2.45, 2.75) is 31.1 Å².